The highest BCUT2D eigenvalue weighted by atomic mass is 16.5. The predicted octanol–water partition coefficient (Wildman–Crippen LogP) is 3.18. The Morgan fingerprint density at radius 1 is 1.00 bits per heavy atom. The number of amides is 2. The highest BCUT2D eigenvalue weighted by Crippen LogP contribution is 2.29. The molecule has 1 unspecified atom stereocenters. The van der Waals surface area contributed by atoms with Crippen LogP contribution < -0.4 is 16.3 Å². The van der Waals surface area contributed by atoms with E-state index in [0.29, 0.717) is 36.7 Å². The largest absolute Gasteiger partial charge is 0.381 e. The van der Waals surface area contributed by atoms with Crippen molar-refractivity contribution < 1.29 is 18.8 Å². The number of aromatic nitrogens is 4. The fourth-order valence-corrected chi connectivity index (χ4v) is 5.54. The second-order valence-electron chi connectivity index (χ2n) is 10.1. The van der Waals surface area contributed by atoms with Crippen molar-refractivity contribution in [1.82, 2.24) is 29.9 Å². The molecule has 1 saturated heterocycles. The van der Waals surface area contributed by atoms with E-state index in [9.17, 15) is 14.4 Å². The van der Waals surface area contributed by atoms with E-state index in [4.69, 9.17) is 9.26 Å². The molecule has 39 heavy (non-hydrogen) atoms. The summed E-state index contributed by atoms with van der Waals surface area (Å²) >= 11 is 0. The number of carbonyl (C=O) groups is 2. The molecular weight excluding hydrogens is 500 g/mol. The first kappa shape index (κ1) is 25.1. The highest BCUT2D eigenvalue weighted by molar-refractivity contribution is 5.90. The zero-order valence-corrected chi connectivity index (χ0v) is 21.5. The van der Waals surface area contributed by atoms with Crippen LogP contribution in [0.3, 0.4) is 0 Å². The number of nitrogens with zero attached hydrogens (tertiary/aromatic N) is 4. The molecule has 1 atom stereocenters. The average Bonchev–Trinajstić information content (AvgIpc) is 3.55. The van der Waals surface area contributed by atoms with E-state index in [0.717, 1.165) is 42.2 Å². The molecular formula is C28H30N6O5. The maximum atomic E-state index is 13.3. The molecule has 0 radical (unpaired) electrons. The van der Waals surface area contributed by atoms with E-state index >= 15 is 0 Å². The van der Waals surface area contributed by atoms with E-state index in [1.54, 1.807) is 16.7 Å². The summed E-state index contributed by atoms with van der Waals surface area (Å²) in [7, 11) is 0. The van der Waals surface area contributed by atoms with Crippen LogP contribution in [-0.4, -0.2) is 44.4 Å². The molecule has 2 aromatic heterocycles. The van der Waals surface area contributed by atoms with Crippen LogP contribution in [0, 0.1) is 5.92 Å². The molecule has 11 heteroatoms. The summed E-state index contributed by atoms with van der Waals surface area (Å²) in [4.78, 5) is 43.4. The lowest BCUT2D eigenvalue weighted by Gasteiger charge is -2.25. The molecule has 2 aliphatic rings. The van der Waals surface area contributed by atoms with Gasteiger partial charge in [0, 0.05) is 19.8 Å². The summed E-state index contributed by atoms with van der Waals surface area (Å²) in [5.74, 6) is -0.192. The zero-order chi connectivity index (χ0) is 26.8. The second-order valence-corrected chi connectivity index (χ2v) is 10.1. The Labute approximate surface area is 224 Å². The number of rotatable bonds is 6. The number of fused-ring (bicyclic) bond motifs is 2. The minimum Gasteiger partial charge on any atom is -0.381 e. The quantitative estimate of drug-likeness (QED) is 0.391. The number of para-hydroxylation sites is 2. The number of ether oxygens (including phenoxy) is 1. The fourth-order valence-electron chi connectivity index (χ4n) is 5.54. The van der Waals surface area contributed by atoms with Gasteiger partial charge in [0.2, 0.25) is 0 Å². The third-order valence-electron chi connectivity index (χ3n) is 7.56. The van der Waals surface area contributed by atoms with Gasteiger partial charge in [0.15, 0.2) is 5.82 Å². The molecule has 1 aliphatic heterocycles. The van der Waals surface area contributed by atoms with Crippen LogP contribution >= 0.6 is 0 Å². The summed E-state index contributed by atoms with van der Waals surface area (Å²) in [6, 6.07) is 14.6. The van der Waals surface area contributed by atoms with E-state index in [1.807, 2.05) is 30.3 Å². The van der Waals surface area contributed by atoms with Crippen molar-refractivity contribution in [2.75, 3.05) is 13.2 Å². The van der Waals surface area contributed by atoms with Gasteiger partial charge in [-0.25, -0.2) is 14.2 Å². The van der Waals surface area contributed by atoms with Crippen molar-refractivity contribution in [3.63, 3.8) is 0 Å². The van der Waals surface area contributed by atoms with Crippen molar-refractivity contribution in [2.24, 2.45) is 5.92 Å². The van der Waals surface area contributed by atoms with E-state index < -0.39 is 17.6 Å². The molecule has 2 aromatic carbocycles. The third-order valence-corrected chi connectivity index (χ3v) is 7.56. The van der Waals surface area contributed by atoms with Gasteiger partial charge in [-0.3, -0.25) is 9.36 Å². The highest BCUT2D eigenvalue weighted by Gasteiger charge is 2.25. The third kappa shape index (κ3) is 5.09. The van der Waals surface area contributed by atoms with Crippen molar-refractivity contribution in [2.45, 2.75) is 51.2 Å². The molecule has 2 amide bonds. The normalized spacial score (nSPS) is 17.6. The Morgan fingerprint density at radius 2 is 1.77 bits per heavy atom. The summed E-state index contributed by atoms with van der Waals surface area (Å²) in [6.07, 6.45) is 4.55. The first-order valence-corrected chi connectivity index (χ1v) is 13.4. The smallest absolute Gasteiger partial charge is 0.337 e. The molecule has 0 saturated carbocycles. The van der Waals surface area contributed by atoms with Crippen molar-refractivity contribution in [1.29, 1.82) is 0 Å². The van der Waals surface area contributed by atoms with E-state index in [2.05, 4.69) is 26.8 Å². The van der Waals surface area contributed by atoms with Gasteiger partial charge in [-0.1, -0.05) is 41.6 Å². The molecule has 202 valence electrons. The SMILES string of the molecule is O=C(NC1CCCc2ccccc21)c1nc(CNC(=O)n2c(=O)n(CC3CCOCC3)c3ccccc32)no1. The summed E-state index contributed by atoms with van der Waals surface area (Å²) in [5.41, 5.74) is 3.15. The van der Waals surface area contributed by atoms with E-state index in [1.165, 1.54) is 5.56 Å². The van der Waals surface area contributed by atoms with Gasteiger partial charge in [-0.05, 0) is 61.3 Å². The minimum absolute atomic E-state index is 0.103. The maximum absolute atomic E-state index is 13.3. The van der Waals surface area contributed by atoms with Gasteiger partial charge < -0.3 is 19.9 Å². The Hall–Kier alpha value is -4.25. The minimum atomic E-state index is -0.600. The van der Waals surface area contributed by atoms with E-state index in [-0.39, 0.29) is 24.3 Å². The standard InChI is InChI=1S/C28H30N6O5/c35-25(30-21-9-5-7-19-6-1-2-8-20(19)21)26-31-24(32-39-26)16-29-27(36)34-23-11-4-3-10-22(23)33(28(34)37)17-18-12-14-38-15-13-18/h1-4,6,8,10-11,18,21H,5,7,9,12-17H2,(H,29,36)(H,30,35). The summed E-state index contributed by atoms with van der Waals surface area (Å²) in [6.45, 7) is 1.78. The number of aryl methyl sites for hydroxylation is 1. The van der Waals surface area contributed by atoms with Gasteiger partial charge in [-0.15, -0.1) is 0 Å². The molecule has 3 heterocycles. The number of hydrogen-bond donors (Lipinski definition) is 2. The predicted molar refractivity (Wildman–Crippen MR) is 141 cm³/mol. The molecule has 6 rings (SSSR count). The lowest BCUT2D eigenvalue weighted by Crippen LogP contribution is -2.37. The Bertz CT molecular complexity index is 1560. The molecule has 2 N–H and O–H groups in total. The number of nitrogens with one attached hydrogen (secondary N) is 2. The molecule has 4 aromatic rings. The molecule has 1 aliphatic carbocycles. The Balaban J connectivity index is 1.13. The van der Waals surface area contributed by atoms with Gasteiger partial charge in [0.25, 0.3) is 0 Å². The lowest BCUT2D eigenvalue weighted by molar-refractivity contribution is 0.0613. The molecule has 0 bridgehead atoms. The topological polar surface area (TPSA) is 133 Å². The van der Waals surface area contributed by atoms with Crippen molar-refractivity contribution >= 4 is 23.0 Å². The van der Waals surface area contributed by atoms with Crippen LogP contribution in [-0.2, 0) is 24.2 Å². The zero-order valence-electron chi connectivity index (χ0n) is 21.5. The number of benzene rings is 2. The van der Waals surface area contributed by atoms with Gasteiger partial charge in [0.05, 0.1) is 23.6 Å². The van der Waals surface area contributed by atoms with Crippen molar-refractivity contribution in [3.05, 3.63) is 81.9 Å². The van der Waals surface area contributed by atoms with Gasteiger partial charge in [-0.2, -0.15) is 4.98 Å². The van der Waals surface area contributed by atoms with Crippen molar-refractivity contribution in [3.8, 4) is 0 Å². The van der Waals surface area contributed by atoms with Crippen LogP contribution in [0.25, 0.3) is 11.0 Å². The number of imidazole rings is 1. The fraction of sp³-hybridized carbons (Fsp3) is 0.393. The van der Waals surface area contributed by atoms with Crippen LogP contribution in [0.15, 0.2) is 57.8 Å². The summed E-state index contributed by atoms with van der Waals surface area (Å²) in [5, 5.41) is 9.51. The molecule has 1 fully saturated rings. The van der Waals surface area contributed by atoms with Crippen LogP contribution in [0.4, 0.5) is 4.79 Å². The molecule has 0 spiro atoms. The lowest BCUT2D eigenvalue weighted by atomic mass is 9.88. The Kier molecular flexibility index (Phi) is 6.97. The maximum Gasteiger partial charge on any atom is 0.337 e. The monoisotopic (exact) mass is 530 g/mol. The Morgan fingerprint density at radius 3 is 2.62 bits per heavy atom. The first-order valence-electron chi connectivity index (χ1n) is 13.4. The number of hydrogen-bond acceptors (Lipinski definition) is 7. The average molecular weight is 531 g/mol. The second kappa shape index (κ2) is 10.9. The van der Waals surface area contributed by atoms with Gasteiger partial charge in [0.1, 0.15) is 0 Å². The number of carbonyl (C=O) groups excluding carboxylic acids is 2. The van der Waals surface area contributed by atoms with Crippen LogP contribution in [0.2, 0.25) is 0 Å². The summed E-state index contributed by atoms with van der Waals surface area (Å²) < 4.78 is 13.4. The van der Waals surface area contributed by atoms with Crippen LogP contribution in [0.5, 0.6) is 0 Å². The van der Waals surface area contributed by atoms with Gasteiger partial charge >= 0.3 is 23.5 Å². The molecule has 11 nitrogen and oxygen atoms in total. The van der Waals surface area contributed by atoms with Crippen LogP contribution in [0.1, 0.15) is 59.4 Å². The first-order chi connectivity index (χ1) is 19.1.